The summed E-state index contributed by atoms with van der Waals surface area (Å²) in [5.41, 5.74) is 0.908. The molecule has 3 aromatic rings. The van der Waals surface area contributed by atoms with E-state index in [9.17, 15) is 30.3 Å². The number of halogens is 1. The van der Waals surface area contributed by atoms with Gasteiger partial charge in [-0.15, -0.1) is 0 Å². The molecule has 10 nitrogen and oxygen atoms in total. The maximum Gasteiger partial charge on any atom is 0.270 e. The molecule has 0 unspecified atom stereocenters. The lowest BCUT2D eigenvalue weighted by atomic mass is 10.1. The highest BCUT2D eigenvalue weighted by Gasteiger charge is 2.16. The van der Waals surface area contributed by atoms with Crippen LogP contribution in [0.15, 0.2) is 63.0 Å². The first-order valence-corrected chi connectivity index (χ1v) is 9.71. The number of anilines is 1. The number of carbonyl (C=O) groups is 1. The standard InChI is InChI=1S/C21H13BrN4O6/c1-12-8-14(25(28)29)3-6-19(12)24-21(27)13(11-23)9-16-4-7-20(32-16)17-5-2-15(26(30)31)10-18(17)22/h2-10H,1H3,(H,24,27). The van der Waals surface area contributed by atoms with E-state index in [1.807, 2.05) is 0 Å². The molecule has 0 saturated carbocycles. The van der Waals surface area contributed by atoms with E-state index in [0.29, 0.717) is 27.0 Å². The Hall–Kier alpha value is -4.30. The van der Waals surface area contributed by atoms with Crippen molar-refractivity contribution in [3.8, 4) is 17.4 Å². The first-order chi connectivity index (χ1) is 15.2. The van der Waals surface area contributed by atoms with Crippen molar-refractivity contribution in [2.75, 3.05) is 5.32 Å². The molecule has 0 aliphatic carbocycles. The van der Waals surface area contributed by atoms with Crippen LogP contribution < -0.4 is 5.32 Å². The van der Waals surface area contributed by atoms with Gasteiger partial charge in [0, 0.05) is 46.1 Å². The van der Waals surface area contributed by atoms with Gasteiger partial charge in [0.25, 0.3) is 17.3 Å². The number of carbonyl (C=O) groups excluding carboxylic acids is 1. The fraction of sp³-hybridized carbons (Fsp3) is 0.0476. The predicted octanol–water partition coefficient (Wildman–Crippen LogP) is 5.38. The molecule has 0 aliphatic heterocycles. The van der Waals surface area contributed by atoms with Crippen molar-refractivity contribution in [1.29, 1.82) is 5.26 Å². The number of nitrogens with zero attached hydrogens (tertiary/aromatic N) is 3. The molecule has 1 amide bonds. The topological polar surface area (TPSA) is 152 Å². The third-order valence-electron chi connectivity index (χ3n) is 4.38. The fourth-order valence-corrected chi connectivity index (χ4v) is 3.34. The Kier molecular flexibility index (Phi) is 6.46. The van der Waals surface area contributed by atoms with Crippen LogP contribution in [0.3, 0.4) is 0 Å². The molecule has 1 aromatic heterocycles. The molecule has 0 atom stereocenters. The zero-order valence-electron chi connectivity index (χ0n) is 16.4. The average Bonchev–Trinajstić information content (AvgIpc) is 3.21. The minimum Gasteiger partial charge on any atom is -0.457 e. The van der Waals surface area contributed by atoms with Gasteiger partial charge in [-0.25, -0.2) is 0 Å². The molecular weight excluding hydrogens is 484 g/mol. The second-order valence-corrected chi connectivity index (χ2v) is 7.36. The van der Waals surface area contributed by atoms with Gasteiger partial charge >= 0.3 is 0 Å². The van der Waals surface area contributed by atoms with Crippen LogP contribution in [0.2, 0.25) is 0 Å². The lowest BCUT2D eigenvalue weighted by molar-refractivity contribution is -0.385. The maximum absolute atomic E-state index is 12.5. The number of non-ortho nitro benzene ring substituents is 2. The number of furan rings is 1. The highest BCUT2D eigenvalue weighted by molar-refractivity contribution is 9.10. The van der Waals surface area contributed by atoms with E-state index in [1.54, 1.807) is 25.1 Å². The first-order valence-electron chi connectivity index (χ1n) is 8.92. The largest absolute Gasteiger partial charge is 0.457 e. The zero-order chi connectivity index (χ0) is 23.4. The van der Waals surface area contributed by atoms with Gasteiger partial charge in [0.1, 0.15) is 23.2 Å². The SMILES string of the molecule is Cc1cc([N+](=O)[O-])ccc1NC(=O)C(C#N)=Cc1ccc(-c2ccc([N+](=O)[O-])cc2Br)o1. The Labute approximate surface area is 189 Å². The Morgan fingerprint density at radius 3 is 2.34 bits per heavy atom. The van der Waals surface area contributed by atoms with Crippen LogP contribution in [0.25, 0.3) is 17.4 Å². The highest BCUT2D eigenvalue weighted by Crippen LogP contribution is 2.33. The quantitative estimate of drug-likeness (QED) is 0.208. The summed E-state index contributed by atoms with van der Waals surface area (Å²) in [7, 11) is 0. The van der Waals surface area contributed by atoms with Crippen LogP contribution in [-0.4, -0.2) is 15.8 Å². The molecule has 1 heterocycles. The number of nitro groups is 2. The summed E-state index contributed by atoms with van der Waals surface area (Å²) in [6, 6.07) is 13.1. The summed E-state index contributed by atoms with van der Waals surface area (Å²) < 4.78 is 6.11. The molecule has 0 saturated heterocycles. The van der Waals surface area contributed by atoms with Gasteiger partial charge in [-0.3, -0.25) is 25.0 Å². The van der Waals surface area contributed by atoms with Gasteiger partial charge in [-0.05, 0) is 52.7 Å². The molecule has 3 rings (SSSR count). The summed E-state index contributed by atoms with van der Waals surface area (Å²) in [4.78, 5) is 33.2. The third kappa shape index (κ3) is 4.88. The maximum atomic E-state index is 12.5. The van der Waals surface area contributed by atoms with Gasteiger partial charge in [0.05, 0.1) is 9.85 Å². The van der Waals surface area contributed by atoms with Crippen LogP contribution in [0.1, 0.15) is 11.3 Å². The van der Waals surface area contributed by atoms with E-state index in [4.69, 9.17) is 4.42 Å². The normalized spacial score (nSPS) is 11.0. The van der Waals surface area contributed by atoms with Crippen LogP contribution in [0.4, 0.5) is 17.1 Å². The van der Waals surface area contributed by atoms with E-state index in [-0.39, 0.29) is 22.7 Å². The van der Waals surface area contributed by atoms with E-state index in [0.717, 1.165) is 0 Å². The summed E-state index contributed by atoms with van der Waals surface area (Å²) in [5, 5.41) is 33.7. The minimum atomic E-state index is -0.709. The molecule has 1 N–H and O–H groups in total. The molecule has 0 bridgehead atoms. The molecule has 0 fully saturated rings. The van der Waals surface area contributed by atoms with Crippen LogP contribution in [-0.2, 0) is 4.79 Å². The van der Waals surface area contributed by atoms with Crippen molar-refractivity contribution in [3.63, 3.8) is 0 Å². The van der Waals surface area contributed by atoms with Crippen molar-refractivity contribution in [2.45, 2.75) is 6.92 Å². The van der Waals surface area contributed by atoms with E-state index in [1.165, 1.54) is 42.5 Å². The molecule has 0 aliphatic rings. The van der Waals surface area contributed by atoms with Crippen LogP contribution in [0.5, 0.6) is 0 Å². The van der Waals surface area contributed by atoms with Gasteiger partial charge < -0.3 is 9.73 Å². The van der Waals surface area contributed by atoms with Crippen molar-refractivity contribution in [3.05, 3.63) is 90.1 Å². The average molecular weight is 497 g/mol. The minimum absolute atomic E-state index is 0.0859. The lowest BCUT2D eigenvalue weighted by Gasteiger charge is -2.07. The van der Waals surface area contributed by atoms with Gasteiger partial charge in [0.15, 0.2) is 0 Å². The number of amides is 1. The Morgan fingerprint density at radius 2 is 1.75 bits per heavy atom. The van der Waals surface area contributed by atoms with E-state index >= 15 is 0 Å². The summed E-state index contributed by atoms with van der Waals surface area (Å²) in [5.74, 6) is -0.113. The first kappa shape index (κ1) is 22.4. The van der Waals surface area contributed by atoms with Crippen LogP contribution >= 0.6 is 15.9 Å². The number of nitrogens with one attached hydrogen (secondary N) is 1. The van der Waals surface area contributed by atoms with Crippen molar-refractivity contribution in [2.24, 2.45) is 0 Å². The van der Waals surface area contributed by atoms with Crippen molar-refractivity contribution < 1.29 is 19.1 Å². The molecule has 0 radical (unpaired) electrons. The van der Waals surface area contributed by atoms with E-state index < -0.39 is 15.8 Å². The predicted molar refractivity (Wildman–Crippen MR) is 119 cm³/mol. The molecule has 2 aromatic carbocycles. The third-order valence-corrected chi connectivity index (χ3v) is 5.03. The zero-order valence-corrected chi connectivity index (χ0v) is 18.0. The number of hydrogen-bond donors (Lipinski definition) is 1. The number of nitro benzene ring substituents is 2. The second-order valence-electron chi connectivity index (χ2n) is 6.50. The number of benzene rings is 2. The lowest BCUT2D eigenvalue weighted by Crippen LogP contribution is -2.14. The van der Waals surface area contributed by atoms with E-state index in [2.05, 4.69) is 21.2 Å². The second kappa shape index (κ2) is 9.23. The molecule has 160 valence electrons. The Balaban J connectivity index is 1.82. The van der Waals surface area contributed by atoms with Crippen molar-refractivity contribution in [1.82, 2.24) is 0 Å². The molecule has 32 heavy (non-hydrogen) atoms. The monoisotopic (exact) mass is 496 g/mol. The van der Waals surface area contributed by atoms with Gasteiger partial charge in [-0.2, -0.15) is 5.26 Å². The number of nitriles is 1. The smallest absolute Gasteiger partial charge is 0.270 e. The summed E-state index contributed by atoms with van der Waals surface area (Å²) >= 11 is 3.27. The number of hydrogen-bond acceptors (Lipinski definition) is 7. The highest BCUT2D eigenvalue weighted by atomic mass is 79.9. The molecular formula is C21H13BrN4O6. The van der Waals surface area contributed by atoms with Gasteiger partial charge in [-0.1, -0.05) is 0 Å². The number of rotatable bonds is 6. The Bertz CT molecular complexity index is 1320. The van der Waals surface area contributed by atoms with Crippen LogP contribution in [0, 0.1) is 38.5 Å². The summed E-state index contributed by atoms with van der Waals surface area (Å²) in [6.07, 6.45) is 1.25. The summed E-state index contributed by atoms with van der Waals surface area (Å²) in [6.45, 7) is 1.60. The number of aryl methyl sites for hydroxylation is 1. The fourth-order valence-electron chi connectivity index (χ4n) is 2.77. The molecule has 11 heteroatoms. The van der Waals surface area contributed by atoms with Gasteiger partial charge in [0.2, 0.25) is 0 Å². The molecule has 0 spiro atoms. The Morgan fingerprint density at radius 1 is 1.09 bits per heavy atom. The van der Waals surface area contributed by atoms with Crippen molar-refractivity contribution >= 4 is 45.0 Å².